The van der Waals surface area contributed by atoms with Crippen LogP contribution in [0.4, 0.5) is 5.69 Å². The summed E-state index contributed by atoms with van der Waals surface area (Å²) < 4.78 is 5.13. The zero-order valence-corrected chi connectivity index (χ0v) is 13.8. The van der Waals surface area contributed by atoms with E-state index in [9.17, 15) is 9.59 Å². The fourth-order valence-electron chi connectivity index (χ4n) is 2.75. The summed E-state index contributed by atoms with van der Waals surface area (Å²) in [6.45, 7) is -0.372. The fraction of sp³-hybridized carbons (Fsp3) is 0.278. The number of nitrogens with zero attached hydrogens (tertiary/aromatic N) is 1. The maximum absolute atomic E-state index is 12.2. The van der Waals surface area contributed by atoms with Crippen LogP contribution < -0.4 is 5.32 Å². The van der Waals surface area contributed by atoms with Crippen molar-refractivity contribution in [2.75, 3.05) is 11.9 Å². The molecule has 1 N–H and O–H groups in total. The van der Waals surface area contributed by atoms with E-state index in [1.807, 2.05) is 11.4 Å². The van der Waals surface area contributed by atoms with E-state index in [4.69, 9.17) is 10.00 Å². The average Bonchev–Trinajstić information content (AvgIpc) is 3.04. The first kappa shape index (κ1) is 16.2. The second kappa shape index (κ2) is 7.28. The summed E-state index contributed by atoms with van der Waals surface area (Å²) >= 11 is 1.58. The minimum atomic E-state index is -0.463. The molecule has 0 atom stereocenters. The van der Waals surface area contributed by atoms with Gasteiger partial charge in [-0.15, -0.1) is 11.3 Å². The third-order valence-corrected chi connectivity index (χ3v) is 5.03. The zero-order valence-electron chi connectivity index (χ0n) is 13.0. The highest BCUT2D eigenvalue weighted by Gasteiger charge is 2.21. The number of hydrogen-bond acceptors (Lipinski definition) is 5. The molecule has 1 amide bonds. The van der Waals surface area contributed by atoms with E-state index in [1.165, 1.54) is 4.88 Å². The molecule has 1 aliphatic rings. The minimum absolute atomic E-state index is 0.365. The quantitative estimate of drug-likeness (QED) is 0.866. The molecule has 1 aliphatic carbocycles. The predicted octanol–water partition coefficient (Wildman–Crippen LogP) is 3.29. The number of aryl methyl sites for hydroxylation is 1. The smallest absolute Gasteiger partial charge is 0.339 e. The lowest BCUT2D eigenvalue weighted by molar-refractivity contribution is -0.119. The van der Waals surface area contributed by atoms with Crippen molar-refractivity contribution in [3.05, 3.63) is 51.2 Å². The number of ether oxygens (including phenoxy) is 1. The van der Waals surface area contributed by atoms with Crippen molar-refractivity contribution in [3.8, 4) is 6.07 Å². The number of para-hydroxylation sites is 1. The monoisotopic (exact) mass is 340 g/mol. The van der Waals surface area contributed by atoms with E-state index in [0.29, 0.717) is 16.8 Å². The second-order valence-corrected chi connectivity index (χ2v) is 6.50. The van der Waals surface area contributed by atoms with Crippen LogP contribution >= 0.6 is 11.3 Å². The van der Waals surface area contributed by atoms with Gasteiger partial charge in [0, 0.05) is 10.3 Å². The Bertz CT molecular complexity index is 820. The van der Waals surface area contributed by atoms with Crippen LogP contribution in [0.25, 0.3) is 0 Å². The van der Waals surface area contributed by atoms with Gasteiger partial charge in [0.2, 0.25) is 0 Å². The molecule has 0 saturated heterocycles. The van der Waals surface area contributed by atoms with E-state index in [-0.39, 0.29) is 6.61 Å². The molecule has 122 valence electrons. The summed E-state index contributed by atoms with van der Waals surface area (Å²) in [5, 5.41) is 13.4. The number of esters is 1. The number of fused-ring (bicyclic) bond motifs is 1. The number of nitrogens with one attached hydrogen (secondary N) is 1. The molecule has 0 aliphatic heterocycles. The van der Waals surface area contributed by atoms with Gasteiger partial charge in [-0.25, -0.2) is 4.79 Å². The van der Waals surface area contributed by atoms with Crippen molar-refractivity contribution < 1.29 is 14.3 Å². The number of amides is 1. The predicted molar refractivity (Wildman–Crippen MR) is 91.0 cm³/mol. The van der Waals surface area contributed by atoms with Gasteiger partial charge in [0.15, 0.2) is 6.61 Å². The molecule has 0 bridgehead atoms. The SMILES string of the molecule is N#Cc1ccccc1NC(=O)COC(=O)c1csc2c1CCCC2. The number of carbonyl (C=O) groups is 2. The fourth-order valence-corrected chi connectivity index (χ4v) is 3.86. The summed E-state index contributed by atoms with van der Waals surface area (Å²) in [7, 11) is 0. The molecule has 0 spiro atoms. The maximum Gasteiger partial charge on any atom is 0.339 e. The van der Waals surface area contributed by atoms with Crippen molar-refractivity contribution >= 4 is 28.9 Å². The van der Waals surface area contributed by atoms with Gasteiger partial charge in [0.25, 0.3) is 5.91 Å². The summed E-state index contributed by atoms with van der Waals surface area (Å²) in [6, 6.07) is 8.68. The molecule has 0 unspecified atom stereocenters. The molecule has 0 radical (unpaired) electrons. The largest absolute Gasteiger partial charge is 0.452 e. The van der Waals surface area contributed by atoms with E-state index < -0.39 is 11.9 Å². The Labute approximate surface area is 143 Å². The lowest BCUT2D eigenvalue weighted by Gasteiger charge is -2.12. The number of benzene rings is 1. The number of hydrogen-bond donors (Lipinski definition) is 1. The van der Waals surface area contributed by atoms with Gasteiger partial charge in [-0.05, 0) is 43.4 Å². The molecule has 1 heterocycles. The van der Waals surface area contributed by atoms with Crippen molar-refractivity contribution in [2.45, 2.75) is 25.7 Å². The Hall–Kier alpha value is -2.65. The van der Waals surface area contributed by atoms with E-state index in [0.717, 1.165) is 31.2 Å². The molecular weight excluding hydrogens is 324 g/mol. The van der Waals surface area contributed by atoms with Crippen LogP contribution in [0, 0.1) is 11.3 Å². The highest BCUT2D eigenvalue weighted by atomic mass is 32.1. The summed E-state index contributed by atoms with van der Waals surface area (Å²) in [6.07, 6.45) is 4.14. The molecule has 3 rings (SSSR count). The molecule has 2 aromatic rings. The van der Waals surface area contributed by atoms with Crippen LogP contribution in [0.5, 0.6) is 0 Å². The Kier molecular flexibility index (Phi) is 4.92. The lowest BCUT2D eigenvalue weighted by Crippen LogP contribution is -2.21. The zero-order chi connectivity index (χ0) is 16.9. The molecule has 6 heteroatoms. The number of anilines is 1. The summed E-state index contributed by atoms with van der Waals surface area (Å²) in [4.78, 5) is 25.4. The maximum atomic E-state index is 12.2. The average molecular weight is 340 g/mol. The van der Waals surface area contributed by atoms with Crippen LogP contribution in [-0.4, -0.2) is 18.5 Å². The summed E-state index contributed by atoms with van der Waals surface area (Å²) in [5.41, 5.74) is 2.43. The third kappa shape index (κ3) is 3.47. The number of rotatable bonds is 4. The van der Waals surface area contributed by atoms with Crippen molar-refractivity contribution in [1.82, 2.24) is 0 Å². The van der Waals surface area contributed by atoms with Gasteiger partial charge in [0.1, 0.15) is 6.07 Å². The van der Waals surface area contributed by atoms with Crippen LogP contribution in [0.3, 0.4) is 0 Å². The van der Waals surface area contributed by atoms with Gasteiger partial charge < -0.3 is 10.1 Å². The molecule has 5 nitrogen and oxygen atoms in total. The van der Waals surface area contributed by atoms with E-state index in [2.05, 4.69) is 5.32 Å². The van der Waals surface area contributed by atoms with Crippen molar-refractivity contribution in [3.63, 3.8) is 0 Å². The van der Waals surface area contributed by atoms with Gasteiger partial charge in [-0.2, -0.15) is 5.26 Å². The first-order valence-electron chi connectivity index (χ1n) is 7.74. The van der Waals surface area contributed by atoms with Gasteiger partial charge in [0.05, 0.1) is 16.8 Å². The third-order valence-electron chi connectivity index (χ3n) is 3.94. The van der Waals surface area contributed by atoms with Gasteiger partial charge in [-0.3, -0.25) is 4.79 Å². The van der Waals surface area contributed by atoms with Gasteiger partial charge in [-0.1, -0.05) is 12.1 Å². The Morgan fingerprint density at radius 1 is 1.25 bits per heavy atom. The lowest BCUT2D eigenvalue weighted by atomic mass is 9.96. The summed E-state index contributed by atoms with van der Waals surface area (Å²) in [5.74, 6) is -0.923. The second-order valence-electron chi connectivity index (χ2n) is 5.54. The highest BCUT2D eigenvalue weighted by molar-refractivity contribution is 7.10. The minimum Gasteiger partial charge on any atom is -0.452 e. The molecule has 1 aromatic carbocycles. The van der Waals surface area contributed by atoms with Crippen LogP contribution in [-0.2, 0) is 22.4 Å². The van der Waals surface area contributed by atoms with Crippen LogP contribution in [0.1, 0.15) is 39.2 Å². The molecule has 1 aromatic heterocycles. The Morgan fingerprint density at radius 3 is 2.88 bits per heavy atom. The van der Waals surface area contributed by atoms with Crippen molar-refractivity contribution in [1.29, 1.82) is 5.26 Å². The highest BCUT2D eigenvalue weighted by Crippen LogP contribution is 2.30. The Morgan fingerprint density at radius 2 is 2.04 bits per heavy atom. The van der Waals surface area contributed by atoms with E-state index in [1.54, 1.807) is 35.6 Å². The topological polar surface area (TPSA) is 79.2 Å². The molecular formula is C18H16N2O3S. The molecule has 24 heavy (non-hydrogen) atoms. The normalized spacial score (nSPS) is 12.8. The first-order valence-corrected chi connectivity index (χ1v) is 8.62. The molecule has 0 saturated carbocycles. The van der Waals surface area contributed by atoms with E-state index >= 15 is 0 Å². The number of nitriles is 1. The number of carbonyl (C=O) groups excluding carboxylic acids is 2. The Balaban J connectivity index is 1.59. The first-order chi connectivity index (χ1) is 11.7. The van der Waals surface area contributed by atoms with Crippen LogP contribution in [0.2, 0.25) is 0 Å². The van der Waals surface area contributed by atoms with Crippen molar-refractivity contribution in [2.24, 2.45) is 0 Å². The molecule has 0 fully saturated rings. The number of thiophene rings is 1. The standard InChI is InChI=1S/C18H16N2O3S/c19-9-12-5-1-3-7-15(12)20-17(21)10-23-18(22)14-11-24-16-8-4-2-6-13(14)16/h1,3,5,7,11H,2,4,6,8,10H2,(H,20,21). The van der Waals surface area contributed by atoms with Crippen LogP contribution in [0.15, 0.2) is 29.6 Å². The van der Waals surface area contributed by atoms with Gasteiger partial charge >= 0.3 is 5.97 Å².